The molecule has 0 spiro atoms. The van der Waals surface area contributed by atoms with Gasteiger partial charge in [-0.2, -0.15) is 5.06 Å². The van der Waals surface area contributed by atoms with Crippen molar-refractivity contribution in [2.24, 2.45) is 5.73 Å². The molecule has 1 aliphatic heterocycles. The molecule has 0 radical (unpaired) electrons. The molecule has 0 aromatic heterocycles. The molecule has 1 heterocycles. The third-order valence-corrected chi connectivity index (χ3v) is 3.55. The molecule has 1 saturated heterocycles. The summed E-state index contributed by atoms with van der Waals surface area (Å²) in [6.45, 7) is 0.0997. The highest BCUT2D eigenvalue weighted by Crippen LogP contribution is 2.27. The van der Waals surface area contributed by atoms with Crippen LogP contribution in [0.2, 0.25) is 0 Å². The van der Waals surface area contributed by atoms with Crippen LogP contribution in [0.1, 0.15) is 18.4 Å². The number of carbonyl (C=O) groups is 2. The second kappa shape index (κ2) is 7.44. The maximum Gasteiger partial charge on any atom is 0.435 e. The Kier molecular flexibility index (Phi) is 5.59. The number of hydrogen-bond acceptors (Lipinski definition) is 5. The lowest BCUT2D eigenvalue weighted by molar-refractivity contribution is -0.146. The molecule has 1 amide bonds. The van der Waals surface area contributed by atoms with Crippen molar-refractivity contribution in [1.82, 2.24) is 5.06 Å². The largest absolute Gasteiger partial charge is 0.480 e. The predicted octanol–water partition coefficient (Wildman–Crippen LogP) is 1.70. The summed E-state index contributed by atoms with van der Waals surface area (Å²) in [5.74, 6) is -1.13. The molecule has 8 heteroatoms. The maximum absolute atomic E-state index is 11.9. The first-order chi connectivity index (χ1) is 10.5. The van der Waals surface area contributed by atoms with Gasteiger partial charge in [0, 0.05) is 12.8 Å². The van der Waals surface area contributed by atoms with Crippen LogP contribution in [-0.4, -0.2) is 39.9 Å². The number of carbonyl (C=O) groups excluding carboxylic acids is 1. The Labute approximate surface area is 132 Å². The maximum atomic E-state index is 11.9. The van der Waals surface area contributed by atoms with E-state index in [1.807, 2.05) is 30.3 Å². The van der Waals surface area contributed by atoms with E-state index in [1.165, 1.54) is 0 Å². The van der Waals surface area contributed by atoms with Crippen LogP contribution in [0.4, 0.5) is 4.79 Å². The molecule has 0 saturated carbocycles. The van der Waals surface area contributed by atoms with Gasteiger partial charge in [0.2, 0.25) is 0 Å². The average molecular weight is 329 g/mol. The summed E-state index contributed by atoms with van der Waals surface area (Å²) >= 11 is 6.02. The number of benzene rings is 1. The highest BCUT2D eigenvalue weighted by Gasteiger charge is 2.38. The fraction of sp³-hybridized carbons (Fsp3) is 0.429. The van der Waals surface area contributed by atoms with E-state index in [2.05, 4.69) is 0 Å². The lowest BCUT2D eigenvalue weighted by atomic mass is 10.1. The summed E-state index contributed by atoms with van der Waals surface area (Å²) in [6, 6.07) is 8.12. The number of halogens is 1. The predicted molar refractivity (Wildman–Crippen MR) is 77.8 cm³/mol. The Morgan fingerprint density at radius 2 is 2.14 bits per heavy atom. The van der Waals surface area contributed by atoms with E-state index in [0.29, 0.717) is 6.42 Å². The zero-order valence-electron chi connectivity index (χ0n) is 11.7. The molecular formula is C14H17ClN2O5. The van der Waals surface area contributed by atoms with Crippen LogP contribution in [0.3, 0.4) is 0 Å². The second-order valence-electron chi connectivity index (χ2n) is 4.94. The molecule has 120 valence electrons. The number of aliphatic carboxylic acids is 1. The van der Waals surface area contributed by atoms with Crippen molar-refractivity contribution in [3.8, 4) is 0 Å². The average Bonchev–Trinajstić information content (AvgIpc) is 2.86. The van der Waals surface area contributed by atoms with E-state index in [4.69, 9.17) is 32.0 Å². The Morgan fingerprint density at radius 1 is 1.45 bits per heavy atom. The van der Waals surface area contributed by atoms with E-state index in [-0.39, 0.29) is 13.0 Å². The monoisotopic (exact) mass is 328 g/mol. The lowest BCUT2D eigenvalue weighted by Gasteiger charge is -2.18. The first-order valence-electron chi connectivity index (χ1n) is 6.76. The summed E-state index contributed by atoms with van der Waals surface area (Å²) in [5.41, 5.74) is 5.57. The van der Waals surface area contributed by atoms with Crippen molar-refractivity contribution in [3.63, 3.8) is 0 Å². The topological polar surface area (TPSA) is 102 Å². The molecule has 3 atom stereocenters. The van der Waals surface area contributed by atoms with E-state index < -0.39 is 29.7 Å². The molecule has 22 heavy (non-hydrogen) atoms. The van der Waals surface area contributed by atoms with Gasteiger partial charge in [-0.15, -0.1) is 0 Å². The minimum atomic E-state index is -1.13. The minimum Gasteiger partial charge on any atom is -0.480 e. The fourth-order valence-electron chi connectivity index (χ4n) is 2.05. The van der Waals surface area contributed by atoms with Crippen molar-refractivity contribution < 1.29 is 24.3 Å². The van der Waals surface area contributed by atoms with Crippen LogP contribution >= 0.6 is 11.6 Å². The third kappa shape index (κ3) is 4.33. The number of carboxylic acid groups (broad SMARTS) is 1. The van der Waals surface area contributed by atoms with Gasteiger partial charge in [0.05, 0.1) is 6.10 Å². The van der Waals surface area contributed by atoms with Gasteiger partial charge < -0.3 is 15.6 Å². The molecule has 0 bridgehead atoms. The third-order valence-electron chi connectivity index (χ3n) is 3.19. The Balaban J connectivity index is 1.84. The number of hydrogen-bond donors (Lipinski definition) is 2. The molecule has 1 aromatic rings. The van der Waals surface area contributed by atoms with E-state index >= 15 is 0 Å². The fourth-order valence-corrected chi connectivity index (χ4v) is 2.37. The summed E-state index contributed by atoms with van der Waals surface area (Å²) in [4.78, 5) is 28.0. The van der Waals surface area contributed by atoms with Crippen LogP contribution in [0, 0.1) is 0 Å². The summed E-state index contributed by atoms with van der Waals surface area (Å²) in [7, 11) is 0. The van der Waals surface area contributed by atoms with Crippen LogP contribution in [-0.2, 0) is 21.0 Å². The van der Waals surface area contributed by atoms with E-state index in [9.17, 15) is 9.59 Å². The van der Waals surface area contributed by atoms with Crippen molar-refractivity contribution in [3.05, 3.63) is 35.9 Å². The Morgan fingerprint density at radius 3 is 2.77 bits per heavy atom. The SMILES string of the molecule is N[C@@H](CC1CC(Cl)N(C(=O)OCc2ccccc2)O1)C(=O)O. The minimum absolute atomic E-state index is 0.0705. The molecule has 2 rings (SSSR count). The molecule has 0 aliphatic carbocycles. The van der Waals surface area contributed by atoms with Crippen LogP contribution in [0.5, 0.6) is 0 Å². The standard InChI is InChI=1S/C14H17ClN2O5/c15-12-7-10(6-11(16)13(18)19)22-17(12)14(20)21-8-9-4-2-1-3-5-9/h1-5,10-12H,6-8,16H2,(H,18,19)/t10?,11-,12?/m0/s1. The molecular weight excluding hydrogens is 312 g/mol. The van der Waals surface area contributed by atoms with Gasteiger partial charge in [0.1, 0.15) is 18.1 Å². The summed E-state index contributed by atoms with van der Waals surface area (Å²) < 4.78 is 5.11. The van der Waals surface area contributed by atoms with Gasteiger partial charge in [-0.1, -0.05) is 41.9 Å². The Bertz CT molecular complexity index is 527. The molecule has 1 aliphatic rings. The number of carboxylic acids is 1. The van der Waals surface area contributed by atoms with Crippen molar-refractivity contribution in [2.45, 2.75) is 37.1 Å². The van der Waals surface area contributed by atoms with Gasteiger partial charge in [0.15, 0.2) is 0 Å². The number of nitrogens with two attached hydrogens (primary N) is 1. The number of alkyl halides is 1. The zero-order chi connectivity index (χ0) is 16.1. The van der Waals surface area contributed by atoms with Crippen LogP contribution in [0.25, 0.3) is 0 Å². The zero-order valence-corrected chi connectivity index (χ0v) is 12.5. The first kappa shape index (κ1) is 16.5. The molecule has 3 N–H and O–H groups in total. The first-order valence-corrected chi connectivity index (χ1v) is 7.20. The number of amides is 1. The van der Waals surface area contributed by atoms with Gasteiger partial charge in [-0.3, -0.25) is 9.63 Å². The molecule has 7 nitrogen and oxygen atoms in total. The van der Waals surface area contributed by atoms with Crippen molar-refractivity contribution in [2.75, 3.05) is 0 Å². The molecule has 2 unspecified atom stereocenters. The van der Waals surface area contributed by atoms with Crippen molar-refractivity contribution in [1.29, 1.82) is 0 Å². The number of nitrogens with zero attached hydrogens (tertiary/aromatic N) is 1. The van der Waals surface area contributed by atoms with Gasteiger partial charge in [-0.05, 0) is 5.56 Å². The lowest BCUT2D eigenvalue weighted by Crippen LogP contribution is -2.35. The summed E-state index contributed by atoms with van der Waals surface area (Å²) in [6.07, 6.45) is -0.877. The van der Waals surface area contributed by atoms with Gasteiger partial charge in [0.25, 0.3) is 0 Å². The molecule has 1 fully saturated rings. The van der Waals surface area contributed by atoms with Crippen LogP contribution in [0.15, 0.2) is 30.3 Å². The quantitative estimate of drug-likeness (QED) is 0.630. The highest BCUT2D eigenvalue weighted by atomic mass is 35.5. The van der Waals surface area contributed by atoms with Crippen molar-refractivity contribution >= 4 is 23.7 Å². The van der Waals surface area contributed by atoms with Gasteiger partial charge >= 0.3 is 12.1 Å². The van der Waals surface area contributed by atoms with Gasteiger partial charge in [-0.25, -0.2) is 4.79 Å². The number of ether oxygens (including phenoxy) is 1. The van der Waals surface area contributed by atoms with Crippen LogP contribution < -0.4 is 5.73 Å². The number of hydroxylamine groups is 2. The smallest absolute Gasteiger partial charge is 0.435 e. The van der Waals surface area contributed by atoms with E-state index in [0.717, 1.165) is 10.6 Å². The summed E-state index contributed by atoms with van der Waals surface area (Å²) in [5, 5.41) is 9.70. The second-order valence-corrected chi connectivity index (χ2v) is 5.45. The number of rotatable bonds is 5. The molecule has 1 aromatic carbocycles. The van der Waals surface area contributed by atoms with E-state index in [1.54, 1.807) is 0 Å². The normalized spacial score (nSPS) is 22.4. The highest BCUT2D eigenvalue weighted by molar-refractivity contribution is 6.21. The Hall–Kier alpha value is -1.83.